The third kappa shape index (κ3) is 2620. The molecule has 0 aliphatic rings. The minimum Gasteiger partial charge on any atom is -0.665 e. The van der Waals surface area contributed by atoms with Gasteiger partial charge >= 0.3 is 0 Å². The van der Waals surface area contributed by atoms with Crippen LogP contribution < -0.4 is 0 Å². The SMILES string of the molecule is O=[C-]O.O=[C-]O.O=[C-]O.O=[C-]O.[Co].[Hg]. The molecule has 0 spiro atoms. The van der Waals surface area contributed by atoms with Crippen LogP contribution in [0.3, 0.4) is 0 Å². The van der Waals surface area contributed by atoms with Crippen molar-refractivity contribution in [3.63, 3.8) is 0 Å². The maximum atomic E-state index is 8.24. The molecule has 0 bridgehead atoms. The van der Waals surface area contributed by atoms with Crippen LogP contribution in [0.2, 0.25) is 0 Å². The molecule has 0 amide bonds. The normalized spacial score (nSPS) is 3.43. The monoisotopic (exact) mass is 441 g/mol. The quantitative estimate of drug-likeness (QED) is 0.262. The molecule has 8 nitrogen and oxygen atoms in total. The first-order chi connectivity index (χ1) is 5.66. The summed E-state index contributed by atoms with van der Waals surface area (Å²) in [6.07, 6.45) is 0. The fraction of sp³-hybridized carbons (Fsp3) is 0. The van der Waals surface area contributed by atoms with Gasteiger partial charge in [-0.25, -0.2) is 0 Å². The maximum Gasteiger partial charge on any atom is 0 e. The third-order valence-corrected chi connectivity index (χ3v) is 0. The van der Waals surface area contributed by atoms with E-state index in [1.807, 2.05) is 0 Å². The second kappa shape index (κ2) is 143. The summed E-state index contributed by atoms with van der Waals surface area (Å²) >= 11 is 0. The summed E-state index contributed by atoms with van der Waals surface area (Å²) in [6.45, 7) is 2.00. The fourth-order valence-electron chi connectivity index (χ4n) is 0. The molecule has 14 heavy (non-hydrogen) atoms. The van der Waals surface area contributed by atoms with Gasteiger partial charge in [-0.3, -0.25) is 0 Å². The standard InChI is InChI=1S/4CHO2.Co.Hg/c4*2-1-3;;/h4*(H,2,3);;/q4*-1;;. The van der Waals surface area contributed by atoms with Crippen LogP contribution in [0.4, 0.5) is 0 Å². The van der Waals surface area contributed by atoms with Crippen LogP contribution in [0.25, 0.3) is 0 Å². The van der Waals surface area contributed by atoms with Crippen molar-refractivity contribution in [3.05, 3.63) is 0 Å². The van der Waals surface area contributed by atoms with Crippen LogP contribution in [0.15, 0.2) is 0 Å². The first-order valence-corrected chi connectivity index (χ1v) is 1.71. The van der Waals surface area contributed by atoms with E-state index in [2.05, 4.69) is 0 Å². The largest absolute Gasteiger partial charge is 0.665 e. The van der Waals surface area contributed by atoms with Crippen LogP contribution in [-0.2, 0) is 63.6 Å². The summed E-state index contributed by atoms with van der Waals surface area (Å²) in [7, 11) is 0. The van der Waals surface area contributed by atoms with E-state index < -0.39 is 0 Å². The van der Waals surface area contributed by atoms with Gasteiger partial charge in [-0.2, -0.15) is 0 Å². The number of hydrogen-bond acceptors (Lipinski definition) is 4. The Bertz CT molecular complexity index is 75.3. The van der Waals surface area contributed by atoms with Crippen LogP contribution >= 0.6 is 0 Å². The van der Waals surface area contributed by atoms with Crippen molar-refractivity contribution in [1.29, 1.82) is 0 Å². The zero-order valence-corrected chi connectivity index (χ0v) is 13.0. The Morgan fingerprint density at radius 2 is 0.571 bits per heavy atom. The zero-order chi connectivity index (χ0) is 10.8. The molecule has 83 valence electrons. The first kappa shape index (κ1) is 37.7. The van der Waals surface area contributed by atoms with Crippen molar-refractivity contribution < 1.29 is 84.1 Å². The zero-order valence-electron chi connectivity index (χ0n) is 6.46. The predicted octanol–water partition coefficient (Wildman–Crippen LogP) is -1.56. The van der Waals surface area contributed by atoms with E-state index in [-0.39, 0.29) is 44.4 Å². The Hall–Kier alpha value is -0.678. The molecule has 0 aromatic carbocycles. The average Bonchev–Trinajstić information content (AvgIpc) is 1.92. The van der Waals surface area contributed by atoms with Gasteiger partial charge in [0.1, 0.15) is 0 Å². The molecule has 0 atom stereocenters. The number of rotatable bonds is 0. The molecule has 0 rings (SSSR count). The first-order valence-electron chi connectivity index (χ1n) is 1.71. The minimum absolute atomic E-state index is 0. The van der Waals surface area contributed by atoms with E-state index in [0.717, 1.165) is 0 Å². The van der Waals surface area contributed by atoms with Gasteiger partial charge in [0.05, 0.1) is 0 Å². The summed E-state index contributed by atoms with van der Waals surface area (Å²) < 4.78 is 0. The molecule has 0 aromatic heterocycles. The van der Waals surface area contributed by atoms with E-state index in [1.54, 1.807) is 0 Å². The van der Waals surface area contributed by atoms with Gasteiger partial charge in [0.15, 0.2) is 0 Å². The molecule has 0 saturated heterocycles. The van der Waals surface area contributed by atoms with Crippen molar-refractivity contribution in [2.24, 2.45) is 0 Å². The molecule has 0 aromatic rings. The van der Waals surface area contributed by atoms with Crippen LogP contribution in [0, 0.1) is 0 Å². The topological polar surface area (TPSA) is 149 Å². The molecule has 0 heterocycles. The van der Waals surface area contributed by atoms with Crippen molar-refractivity contribution in [2.45, 2.75) is 0 Å². The van der Waals surface area contributed by atoms with E-state index in [1.165, 1.54) is 0 Å². The molecule has 0 aliphatic carbocycles. The molecular formula is C4H4CoHgO8-4. The fourth-order valence-corrected chi connectivity index (χ4v) is 0. The number of hydrogen-bond donors (Lipinski definition) is 4. The van der Waals surface area contributed by atoms with Gasteiger partial charge in [-0.05, 0) is 0 Å². The summed E-state index contributed by atoms with van der Waals surface area (Å²) in [5.74, 6) is 0. The Balaban J connectivity index is -0.0000000145. The van der Waals surface area contributed by atoms with E-state index in [0.29, 0.717) is 25.9 Å². The molecule has 0 saturated carbocycles. The van der Waals surface area contributed by atoms with E-state index >= 15 is 0 Å². The molecule has 4 N–H and O–H groups in total. The molecule has 10 heteroatoms. The predicted molar refractivity (Wildman–Crippen MR) is 33.3 cm³/mol. The summed E-state index contributed by atoms with van der Waals surface area (Å²) in [5, 5.41) is 27.1. The third-order valence-electron chi connectivity index (χ3n) is 0. The van der Waals surface area contributed by atoms with Crippen LogP contribution in [0.1, 0.15) is 0 Å². The molecule has 0 aliphatic heterocycles. The van der Waals surface area contributed by atoms with Crippen LogP contribution in [0.5, 0.6) is 0 Å². The molecule has 1 radical (unpaired) electrons. The summed E-state index contributed by atoms with van der Waals surface area (Å²) in [6, 6.07) is 0. The summed E-state index contributed by atoms with van der Waals surface area (Å²) in [5.41, 5.74) is 0. The second-order valence-corrected chi connectivity index (χ2v) is 0.365. The van der Waals surface area contributed by atoms with Gasteiger partial charge in [-0.1, -0.05) is 25.9 Å². The van der Waals surface area contributed by atoms with Gasteiger partial charge in [0.2, 0.25) is 0 Å². The maximum absolute atomic E-state index is 8.24. The minimum atomic E-state index is 0. The van der Waals surface area contributed by atoms with E-state index in [9.17, 15) is 0 Å². The smallest absolute Gasteiger partial charge is 0 e. The molecule has 0 unspecified atom stereocenters. The van der Waals surface area contributed by atoms with Crippen molar-refractivity contribution in [1.82, 2.24) is 0 Å². The van der Waals surface area contributed by atoms with Gasteiger partial charge < -0.3 is 39.6 Å². The molecule has 0 fully saturated rings. The Morgan fingerprint density at radius 3 is 0.571 bits per heavy atom. The average molecular weight is 440 g/mol. The van der Waals surface area contributed by atoms with E-state index in [4.69, 9.17) is 39.6 Å². The van der Waals surface area contributed by atoms with Crippen LogP contribution in [-0.4, -0.2) is 46.3 Å². The Labute approximate surface area is 110 Å². The van der Waals surface area contributed by atoms with Gasteiger partial charge in [-0.15, -0.1) is 0 Å². The van der Waals surface area contributed by atoms with Gasteiger partial charge in [0.25, 0.3) is 0 Å². The van der Waals surface area contributed by atoms with Crippen molar-refractivity contribution in [3.8, 4) is 0 Å². The summed E-state index contributed by atoms with van der Waals surface area (Å²) in [4.78, 5) is 32.9. The Morgan fingerprint density at radius 1 is 0.571 bits per heavy atom. The van der Waals surface area contributed by atoms with Gasteiger partial charge in [0, 0.05) is 44.4 Å². The number of aliphatic hydroxyl groups excluding tert-OH is 4. The Kier molecular flexibility index (Phi) is 386. The second-order valence-electron chi connectivity index (χ2n) is 0.365. The van der Waals surface area contributed by atoms with Crippen molar-refractivity contribution in [2.75, 3.05) is 0 Å². The van der Waals surface area contributed by atoms with Crippen molar-refractivity contribution >= 4 is 25.9 Å². The molecular weight excluding hydrogens is 436 g/mol.